The molecule has 0 aliphatic rings. The first kappa shape index (κ1) is 20.7. The van der Waals surface area contributed by atoms with Crippen molar-refractivity contribution >= 4 is 29.4 Å². The van der Waals surface area contributed by atoms with Crippen molar-refractivity contribution in [2.45, 2.75) is 53.6 Å². The highest BCUT2D eigenvalue weighted by molar-refractivity contribution is 6.17. The summed E-state index contributed by atoms with van der Waals surface area (Å²) in [6.45, 7) is 10.2. The number of halogens is 1. The average Bonchev–Trinajstić information content (AvgIpc) is 2.32. The van der Waals surface area contributed by atoms with Gasteiger partial charge in [0.05, 0.1) is 0 Å². The Balaban J connectivity index is 4.81. The molecule has 0 radical (unpaired) electrons. The van der Waals surface area contributed by atoms with Crippen LogP contribution in [0.15, 0.2) is 0 Å². The molecule has 0 atom stereocenters. The highest BCUT2D eigenvalue weighted by atomic mass is 35.5. The number of carbonyl (C=O) groups is 3. The predicted octanol–water partition coefficient (Wildman–Crippen LogP) is 2.97. The molecule has 0 N–H and O–H groups in total. The first-order valence-corrected chi connectivity index (χ1v) is 7.63. The Kier molecular flexibility index (Phi) is 7.87. The summed E-state index contributed by atoms with van der Waals surface area (Å²) in [5, 5.41) is 0. The van der Waals surface area contributed by atoms with Crippen LogP contribution in [0.25, 0.3) is 0 Å². The molecule has 0 aromatic rings. The Labute approximate surface area is 137 Å². The second-order valence-electron chi connectivity index (χ2n) is 6.72. The highest BCUT2D eigenvalue weighted by Gasteiger charge is 2.28. The zero-order valence-electron chi connectivity index (χ0n) is 14.2. The number of amides is 1. The third kappa shape index (κ3) is 8.22. The molecule has 0 spiro atoms. The van der Waals surface area contributed by atoms with Gasteiger partial charge in [-0.25, -0.2) is 4.79 Å². The van der Waals surface area contributed by atoms with Crippen molar-refractivity contribution in [3.05, 3.63) is 0 Å². The number of nitrogens with zero attached hydrogens (tertiary/aromatic N) is 1. The van der Waals surface area contributed by atoms with Gasteiger partial charge in [0.15, 0.2) is 6.07 Å². The minimum absolute atomic E-state index is 0.00966. The molecule has 0 fully saturated rings. The third-order valence-corrected chi connectivity index (χ3v) is 3.25. The summed E-state index contributed by atoms with van der Waals surface area (Å²) in [7, 11) is 0. The minimum Gasteiger partial charge on any atom is -0.459 e. The van der Waals surface area contributed by atoms with Crippen LogP contribution < -0.4 is 0 Å². The standard InChI is InChI=1S/C15H26ClNO5/c1-11(18)15(5,6)7-8-17(13(20)21-10-16)9-12(19)22-14(2,3)4/h7-10H2,1-6H3. The van der Waals surface area contributed by atoms with Gasteiger partial charge in [0.25, 0.3) is 0 Å². The van der Waals surface area contributed by atoms with E-state index in [0.717, 1.165) is 0 Å². The molecule has 0 saturated carbocycles. The van der Waals surface area contributed by atoms with Crippen LogP contribution in [0.4, 0.5) is 4.79 Å². The van der Waals surface area contributed by atoms with Gasteiger partial charge in [-0.2, -0.15) is 0 Å². The van der Waals surface area contributed by atoms with E-state index in [1.807, 2.05) is 0 Å². The molecule has 0 unspecified atom stereocenters. The van der Waals surface area contributed by atoms with Crippen LogP contribution in [-0.4, -0.2) is 47.5 Å². The Morgan fingerprint density at radius 3 is 2.05 bits per heavy atom. The van der Waals surface area contributed by atoms with Crippen molar-refractivity contribution in [2.75, 3.05) is 19.2 Å². The summed E-state index contributed by atoms with van der Waals surface area (Å²) < 4.78 is 9.91. The molecule has 0 bridgehead atoms. The fourth-order valence-corrected chi connectivity index (χ4v) is 1.59. The zero-order chi connectivity index (χ0) is 17.6. The number of rotatable bonds is 7. The smallest absolute Gasteiger partial charge is 0.411 e. The molecule has 7 heteroatoms. The summed E-state index contributed by atoms with van der Waals surface area (Å²) in [4.78, 5) is 36.5. The molecule has 0 heterocycles. The Hall–Kier alpha value is -1.30. The normalized spacial score (nSPS) is 11.8. The number of esters is 1. The van der Waals surface area contributed by atoms with Gasteiger partial charge in [0.2, 0.25) is 0 Å². The molecule has 1 amide bonds. The van der Waals surface area contributed by atoms with E-state index in [2.05, 4.69) is 0 Å². The molecule has 0 aliphatic heterocycles. The molecule has 0 aromatic heterocycles. The van der Waals surface area contributed by atoms with Gasteiger partial charge >= 0.3 is 12.1 Å². The van der Waals surface area contributed by atoms with E-state index < -0.39 is 23.1 Å². The maximum absolute atomic E-state index is 11.9. The number of Topliss-reactive ketones (excluding diaryl/α,β-unsaturated/α-hetero) is 1. The lowest BCUT2D eigenvalue weighted by atomic mass is 9.85. The number of hydrogen-bond donors (Lipinski definition) is 0. The summed E-state index contributed by atoms with van der Waals surface area (Å²) in [6.07, 6.45) is -0.303. The molecular formula is C15H26ClNO5. The van der Waals surface area contributed by atoms with Crippen LogP contribution in [0, 0.1) is 5.41 Å². The monoisotopic (exact) mass is 335 g/mol. The summed E-state index contributed by atoms with van der Waals surface area (Å²) in [6, 6.07) is -0.306. The van der Waals surface area contributed by atoms with Crippen LogP contribution in [0.2, 0.25) is 0 Å². The van der Waals surface area contributed by atoms with Crippen molar-refractivity contribution in [3.63, 3.8) is 0 Å². The minimum atomic E-state index is -0.708. The lowest BCUT2D eigenvalue weighted by Crippen LogP contribution is -2.41. The number of hydrogen-bond acceptors (Lipinski definition) is 5. The second-order valence-corrected chi connectivity index (χ2v) is 6.94. The molecule has 6 nitrogen and oxygen atoms in total. The van der Waals surface area contributed by atoms with Gasteiger partial charge in [-0.15, -0.1) is 0 Å². The lowest BCUT2D eigenvalue weighted by Gasteiger charge is -2.28. The maximum Gasteiger partial charge on any atom is 0.411 e. The van der Waals surface area contributed by atoms with E-state index >= 15 is 0 Å². The quantitative estimate of drug-likeness (QED) is 0.528. The number of ketones is 1. The van der Waals surface area contributed by atoms with Crippen LogP contribution in [0.3, 0.4) is 0 Å². The van der Waals surface area contributed by atoms with E-state index in [0.29, 0.717) is 6.42 Å². The summed E-state index contributed by atoms with van der Waals surface area (Å²) in [5.41, 5.74) is -1.23. The van der Waals surface area contributed by atoms with Gasteiger partial charge in [0.1, 0.15) is 17.9 Å². The van der Waals surface area contributed by atoms with Crippen LogP contribution in [-0.2, 0) is 19.1 Å². The van der Waals surface area contributed by atoms with E-state index in [1.165, 1.54) is 11.8 Å². The lowest BCUT2D eigenvalue weighted by molar-refractivity contribution is -0.155. The van der Waals surface area contributed by atoms with Gasteiger partial charge in [0, 0.05) is 12.0 Å². The highest BCUT2D eigenvalue weighted by Crippen LogP contribution is 2.22. The van der Waals surface area contributed by atoms with E-state index in [-0.39, 0.29) is 24.9 Å². The Morgan fingerprint density at radius 2 is 1.64 bits per heavy atom. The van der Waals surface area contributed by atoms with E-state index in [4.69, 9.17) is 21.1 Å². The summed E-state index contributed by atoms with van der Waals surface area (Å²) in [5.74, 6) is -0.532. The Bertz CT molecular complexity index is 415. The largest absolute Gasteiger partial charge is 0.459 e. The maximum atomic E-state index is 11.9. The van der Waals surface area contributed by atoms with Crippen molar-refractivity contribution in [1.29, 1.82) is 0 Å². The number of carbonyl (C=O) groups excluding carboxylic acids is 3. The van der Waals surface area contributed by atoms with Gasteiger partial charge in [-0.05, 0) is 34.1 Å². The van der Waals surface area contributed by atoms with Gasteiger partial charge in [-0.1, -0.05) is 25.4 Å². The number of alkyl halides is 1. The van der Waals surface area contributed by atoms with Crippen LogP contribution in [0.1, 0.15) is 48.0 Å². The van der Waals surface area contributed by atoms with E-state index in [1.54, 1.807) is 34.6 Å². The third-order valence-electron chi connectivity index (χ3n) is 3.14. The van der Waals surface area contributed by atoms with E-state index in [9.17, 15) is 14.4 Å². The predicted molar refractivity (Wildman–Crippen MR) is 83.7 cm³/mol. The molecule has 0 rings (SSSR count). The molecule has 0 aliphatic carbocycles. The first-order valence-electron chi connectivity index (χ1n) is 7.09. The molecule has 0 saturated heterocycles. The Morgan fingerprint density at radius 1 is 1.09 bits per heavy atom. The number of ether oxygens (including phenoxy) is 2. The fraction of sp³-hybridized carbons (Fsp3) is 0.800. The van der Waals surface area contributed by atoms with Crippen molar-refractivity contribution in [3.8, 4) is 0 Å². The van der Waals surface area contributed by atoms with Gasteiger partial charge in [-0.3, -0.25) is 14.5 Å². The molecular weight excluding hydrogens is 310 g/mol. The SMILES string of the molecule is CC(=O)C(C)(C)CCN(CC(=O)OC(C)(C)C)C(=O)OCCl. The average molecular weight is 336 g/mol. The molecule has 0 aromatic carbocycles. The zero-order valence-corrected chi connectivity index (χ0v) is 15.0. The van der Waals surface area contributed by atoms with Crippen molar-refractivity contribution in [2.24, 2.45) is 5.41 Å². The van der Waals surface area contributed by atoms with Crippen molar-refractivity contribution in [1.82, 2.24) is 4.90 Å². The molecule has 128 valence electrons. The first-order chi connectivity index (χ1) is 9.89. The van der Waals surface area contributed by atoms with Gasteiger partial charge < -0.3 is 9.47 Å². The van der Waals surface area contributed by atoms with Crippen molar-refractivity contribution < 1.29 is 23.9 Å². The summed E-state index contributed by atoms with van der Waals surface area (Å²) >= 11 is 5.38. The fourth-order valence-electron chi connectivity index (χ4n) is 1.49. The second kappa shape index (κ2) is 8.36. The van der Waals surface area contributed by atoms with Crippen LogP contribution >= 0.6 is 11.6 Å². The molecule has 22 heavy (non-hydrogen) atoms. The van der Waals surface area contributed by atoms with Crippen LogP contribution in [0.5, 0.6) is 0 Å². The topological polar surface area (TPSA) is 72.9 Å².